The highest BCUT2D eigenvalue weighted by atomic mass is 15.2. The van der Waals surface area contributed by atoms with Gasteiger partial charge in [0.25, 0.3) is 0 Å². The SMILES string of the molecule is CC.CN1CCC(N(C)C)C1.CN1CCC(NC2CC2)C1. The highest BCUT2D eigenvalue weighted by Gasteiger charge is 2.27. The van der Waals surface area contributed by atoms with Crippen LogP contribution in [-0.4, -0.2) is 87.2 Å². The van der Waals surface area contributed by atoms with E-state index >= 15 is 0 Å². The zero-order chi connectivity index (χ0) is 15.8. The fourth-order valence-corrected chi connectivity index (χ4v) is 2.99. The van der Waals surface area contributed by atoms with E-state index in [9.17, 15) is 0 Å². The smallest absolute Gasteiger partial charge is 0.0229 e. The molecule has 2 heterocycles. The second kappa shape index (κ2) is 9.78. The first-order valence-corrected chi connectivity index (χ1v) is 8.84. The van der Waals surface area contributed by atoms with Gasteiger partial charge in [-0.15, -0.1) is 0 Å². The molecule has 0 aromatic carbocycles. The Morgan fingerprint density at radius 1 is 0.810 bits per heavy atom. The van der Waals surface area contributed by atoms with Crippen LogP contribution in [0.25, 0.3) is 0 Å². The van der Waals surface area contributed by atoms with E-state index in [0.29, 0.717) is 0 Å². The largest absolute Gasteiger partial charge is 0.310 e. The van der Waals surface area contributed by atoms with Gasteiger partial charge in [0, 0.05) is 31.2 Å². The molecule has 0 aromatic heterocycles. The second-order valence-corrected chi connectivity index (χ2v) is 6.86. The van der Waals surface area contributed by atoms with Crippen LogP contribution >= 0.6 is 0 Å². The molecule has 0 amide bonds. The van der Waals surface area contributed by atoms with Crippen molar-refractivity contribution >= 4 is 0 Å². The highest BCUT2D eigenvalue weighted by Crippen LogP contribution is 2.21. The van der Waals surface area contributed by atoms with Gasteiger partial charge in [0.1, 0.15) is 0 Å². The van der Waals surface area contributed by atoms with Crippen molar-refractivity contribution in [1.29, 1.82) is 0 Å². The number of nitrogens with one attached hydrogen (secondary N) is 1. The van der Waals surface area contributed by atoms with Crippen LogP contribution < -0.4 is 5.32 Å². The Hall–Kier alpha value is -0.160. The van der Waals surface area contributed by atoms with Gasteiger partial charge in [-0.3, -0.25) is 0 Å². The van der Waals surface area contributed by atoms with Crippen molar-refractivity contribution in [2.24, 2.45) is 0 Å². The number of nitrogens with zero attached hydrogens (tertiary/aromatic N) is 3. The van der Waals surface area contributed by atoms with Crippen LogP contribution in [0.3, 0.4) is 0 Å². The van der Waals surface area contributed by atoms with Crippen molar-refractivity contribution in [3.8, 4) is 0 Å². The average Bonchev–Trinajstić information content (AvgIpc) is 3.00. The Morgan fingerprint density at radius 2 is 1.38 bits per heavy atom. The number of hydrogen-bond acceptors (Lipinski definition) is 4. The first-order valence-electron chi connectivity index (χ1n) is 8.84. The summed E-state index contributed by atoms with van der Waals surface area (Å²) in [6.07, 6.45) is 5.52. The molecule has 3 rings (SSSR count). The van der Waals surface area contributed by atoms with Crippen molar-refractivity contribution in [2.45, 2.75) is 57.7 Å². The quantitative estimate of drug-likeness (QED) is 0.856. The van der Waals surface area contributed by atoms with Gasteiger partial charge in [-0.1, -0.05) is 13.8 Å². The van der Waals surface area contributed by atoms with Crippen molar-refractivity contribution in [3.05, 3.63) is 0 Å². The highest BCUT2D eigenvalue weighted by molar-refractivity contribution is 4.88. The summed E-state index contributed by atoms with van der Waals surface area (Å²) in [5, 5.41) is 3.64. The molecule has 0 aromatic rings. The van der Waals surface area contributed by atoms with E-state index in [1.165, 1.54) is 51.9 Å². The average molecular weight is 299 g/mol. The molecule has 0 spiro atoms. The molecule has 3 aliphatic rings. The van der Waals surface area contributed by atoms with Crippen molar-refractivity contribution in [2.75, 3.05) is 54.4 Å². The number of likely N-dealkylation sites (tertiary alicyclic amines) is 2. The van der Waals surface area contributed by atoms with Crippen LogP contribution in [0.4, 0.5) is 0 Å². The predicted octanol–water partition coefficient (Wildman–Crippen LogP) is 1.72. The lowest BCUT2D eigenvalue weighted by atomic mass is 10.2. The maximum absolute atomic E-state index is 3.64. The minimum Gasteiger partial charge on any atom is -0.310 e. The second-order valence-electron chi connectivity index (χ2n) is 6.86. The zero-order valence-electron chi connectivity index (χ0n) is 15.2. The molecular weight excluding hydrogens is 260 g/mol. The molecule has 2 atom stereocenters. The third kappa shape index (κ3) is 7.59. The van der Waals surface area contributed by atoms with E-state index in [1.54, 1.807) is 0 Å². The van der Waals surface area contributed by atoms with Crippen LogP contribution in [0.15, 0.2) is 0 Å². The molecule has 126 valence electrons. The topological polar surface area (TPSA) is 21.8 Å². The van der Waals surface area contributed by atoms with Crippen LogP contribution in [-0.2, 0) is 0 Å². The van der Waals surface area contributed by atoms with Gasteiger partial charge < -0.3 is 20.0 Å². The summed E-state index contributed by atoms with van der Waals surface area (Å²) in [6, 6.07) is 2.49. The normalized spacial score (nSPS) is 29.9. The van der Waals surface area contributed by atoms with Crippen LogP contribution in [0.2, 0.25) is 0 Å². The van der Waals surface area contributed by atoms with E-state index in [0.717, 1.165) is 18.1 Å². The molecule has 4 heteroatoms. The molecule has 2 saturated heterocycles. The number of hydrogen-bond donors (Lipinski definition) is 1. The molecule has 3 fully saturated rings. The molecule has 0 radical (unpaired) electrons. The number of likely N-dealkylation sites (N-methyl/N-ethyl adjacent to an activating group) is 3. The van der Waals surface area contributed by atoms with Gasteiger partial charge in [-0.05, 0) is 67.0 Å². The molecule has 2 unspecified atom stereocenters. The van der Waals surface area contributed by atoms with E-state index in [1.807, 2.05) is 13.8 Å². The maximum Gasteiger partial charge on any atom is 0.0229 e. The lowest BCUT2D eigenvalue weighted by molar-refractivity contribution is 0.288. The van der Waals surface area contributed by atoms with Gasteiger partial charge in [-0.2, -0.15) is 0 Å². The summed E-state index contributed by atoms with van der Waals surface area (Å²) in [4.78, 5) is 7.09. The van der Waals surface area contributed by atoms with Gasteiger partial charge in [0.05, 0.1) is 0 Å². The Morgan fingerprint density at radius 3 is 1.71 bits per heavy atom. The standard InChI is InChI=1S/C8H16N2.C7H16N2.C2H6/c1-10-5-4-8(6-10)9-7-2-3-7;1-8(2)7-4-5-9(3)6-7;1-2/h7-9H,2-6H2,1H3;7H,4-6H2,1-3H3;1-2H3. The Labute approximate surface area is 132 Å². The third-order valence-electron chi connectivity index (χ3n) is 4.54. The van der Waals surface area contributed by atoms with E-state index in [2.05, 4.69) is 48.2 Å². The summed E-state index contributed by atoms with van der Waals surface area (Å²) in [5.74, 6) is 0. The summed E-state index contributed by atoms with van der Waals surface area (Å²) in [5.41, 5.74) is 0. The maximum atomic E-state index is 3.64. The fourth-order valence-electron chi connectivity index (χ4n) is 2.99. The monoisotopic (exact) mass is 298 g/mol. The third-order valence-corrected chi connectivity index (χ3v) is 4.54. The van der Waals surface area contributed by atoms with Gasteiger partial charge in [-0.25, -0.2) is 0 Å². The minimum atomic E-state index is 0.801. The molecule has 2 aliphatic heterocycles. The molecule has 4 nitrogen and oxygen atoms in total. The van der Waals surface area contributed by atoms with E-state index in [-0.39, 0.29) is 0 Å². The van der Waals surface area contributed by atoms with Crippen molar-refractivity contribution in [3.63, 3.8) is 0 Å². The van der Waals surface area contributed by atoms with Crippen molar-refractivity contribution in [1.82, 2.24) is 20.0 Å². The first kappa shape index (κ1) is 18.9. The first-order chi connectivity index (χ1) is 10.0. The molecule has 0 bridgehead atoms. The summed E-state index contributed by atoms with van der Waals surface area (Å²) in [7, 11) is 8.70. The Kier molecular flexibility index (Phi) is 8.79. The van der Waals surface area contributed by atoms with E-state index in [4.69, 9.17) is 0 Å². The van der Waals surface area contributed by atoms with Gasteiger partial charge in [0.15, 0.2) is 0 Å². The molecular formula is C17H38N4. The summed E-state index contributed by atoms with van der Waals surface area (Å²) >= 11 is 0. The number of rotatable bonds is 3. The van der Waals surface area contributed by atoms with E-state index < -0.39 is 0 Å². The van der Waals surface area contributed by atoms with Gasteiger partial charge >= 0.3 is 0 Å². The van der Waals surface area contributed by atoms with Crippen molar-refractivity contribution < 1.29 is 0 Å². The summed E-state index contributed by atoms with van der Waals surface area (Å²) < 4.78 is 0. The van der Waals surface area contributed by atoms with Crippen LogP contribution in [0, 0.1) is 0 Å². The fraction of sp³-hybridized carbons (Fsp3) is 1.00. The van der Waals surface area contributed by atoms with Crippen LogP contribution in [0.1, 0.15) is 39.5 Å². The van der Waals surface area contributed by atoms with Crippen LogP contribution in [0.5, 0.6) is 0 Å². The Bertz CT molecular complexity index is 266. The lowest BCUT2D eigenvalue weighted by Crippen LogP contribution is -2.32. The minimum absolute atomic E-state index is 0.801. The molecule has 1 N–H and O–H groups in total. The zero-order valence-corrected chi connectivity index (χ0v) is 15.2. The molecule has 1 aliphatic carbocycles. The summed E-state index contributed by atoms with van der Waals surface area (Å²) in [6.45, 7) is 9.05. The molecule has 1 saturated carbocycles. The molecule has 21 heavy (non-hydrogen) atoms. The lowest BCUT2D eigenvalue weighted by Gasteiger charge is -2.17. The Balaban J connectivity index is 0.000000189. The van der Waals surface area contributed by atoms with Gasteiger partial charge in [0.2, 0.25) is 0 Å². The predicted molar refractivity (Wildman–Crippen MR) is 93.0 cm³/mol.